The Kier molecular flexibility index (Phi) is 22.0. The van der Waals surface area contributed by atoms with Crippen molar-refractivity contribution in [1.29, 1.82) is 0 Å². The van der Waals surface area contributed by atoms with Gasteiger partial charge >= 0.3 is 0 Å². The van der Waals surface area contributed by atoms with Gasteiger partial charge in [-0.1, -0.05) is 352 Å². The Hall–Kier alpha value is -3.45. The molecular weight excluding hydrogens is 1040 g/mol. The van der Waals surface area contributed by atoms with Crippen LogP contribution in [0.4, 0.5) is 0 Å². The van der Waals surface area contributed by atoms with E-state index in [0.717, 1.165) is 128 Å². The fourth-order valence-electron chi connectivity index (χ4n) is 26.4. The van der Waals surface area contributed by atoms with Gasteiger partial charge in [0.2, 0.25) is 0 Å². The maximum atomic E-state index is 21.2. The van der Waals surface area contributed by atoms with Crippen LogP contribution >= 0.6 is 0 Å². The molecule has 0 bridgehead atoms. The zero-order valence-corrected chi connectivity index (χ0v) is 60.8. The van der Waals surface area contributed by atoms with Gasteiger partial charge in [-0.05, 0) is 142 Å². The smallest absolute Gasteiger partial charge is 0.146 e. The molecule has 2 saturated carbocycles. The molecule has 4 aromatic rings. The highest BCUT2D eigenvalue weighted by molar-refractivity contribution is 5.95. The van der Waals surface area contributed by atoms with Crippen molar-refractivity contribution in [3.63, 3.8) is 0 Å². The van der Waals surface area contributed by atoms with Crippen LogP contribution in [0.1, 0.15) is 317 Å². The number of hydrogen-bond acceptors (Lipinski definition) is 1. The van der Waals surface area contributed by atoms with Crippen molar-refractivity contribution in [3.8, 4) is 0 Å². The van der Waals surface area contributed by atoms with E-state index in [2.05, 4.69) is 287 Å². The molecule has 6 rings (SSSR count). The first-order valence-corrected chi connectivity index (χ1v) is 36.3. The van der Waals surface area contributed by atoms with Crippen molar-refractivity contribution in [1.82, 2.24) is 0 Å². The van der Waals surface area contributed by atoms with E-state index in [1.165, 1.54) is 22.3 Å². The second-order valence-electron chi connectivity index (χ2n) is 32.7. The van der Waals surface area contributed by atoms with Crippen LogP contribution < -0.4 is 0 Å². The largest absolute Gasteiger partial charge is 0.298 e. The van der Waals surface area contributed by atoms with Gasteiger partial charge < -0.3 is 0 Å². The van der Waals surface area contributed by atoms with E-state index in [-0.39, 0.29) is 44.3 Å². The summed E-state index contributed by atoms with van der Waals surface area (Å²) in [6, 6.07) is 49.1. The second-order valence-corrected chi connectivity index (χ2v) is 32.7. The number of rotatable bonds is 26. The molecule has 0 spiro atoms. The van der Waals surface area contributed by atoms with Crippen molar-refractivity contribution in [3.05, 3.63) is 144 Å². The first-order chi connectivity index (χ1) is 40.6. The van der Waals surface area contributed by atoms with Gasteiger partial charge in [-0.25, -0.2) is 0 Å². The van der Waals surface area contributed by atoms with Gasteiger partial charge in [0.15, 0.2) is 0 Å². The van der Waals surface area contributed by atoms with Crippen LogP contribution in [0.3, 0.4) is 0 Å². The summed E-state index contributed by atoms with van der Waals surface area (Å²) in [5.41, 5.74) is -0.380. The average Bonchev–Trinajstić information content (AvgIpc) is 0.625. The molecule has 1 nitrogen and oxygen atoms in total. The van der Waals surface area contributed by atoms with E-state index in [1.54, 1.807) is 0 Å². The van der Waals surface area contributed by atoms with Gasteiger partial charge in [-0.2, -0.15) is 0 Å². The van der Waals surface area contributed by atoms with Gasteiger partial charge in [-0.3, -0.25) is 4.79 Å². The number of carbonyl (C=O) groups is 1. The van der Waals surface area contributed by atoms with Crippen LogP contribution in [0.15, 0.2) is 121 Å². The number of benzene rings is 4. The third-order valence-corrected chi connectivity index (χ3v) is 26.7. The number of hydrogen-bond donors (Lipinski definition) is 0. The van der Waals surface area contributed by atoms with E-state index in [9.17, 15) is 0 Å². The molecule has 0 radical (unpaired) electrons. The lowest BCUT2D eigenvalue weighted by Crippen LogP contribution is -2.87. The van der Waals surface area contributed by atoms with E-state index >= 15 is 4.79 Å². The minimum Gasteiger partial charge on any atom is -0.298 e. The standard InChI is InChI=1S/C85H134O/c1-25-37-63-78(69(31-7)84(74(19,20)21,67-55-47-41-48-56-67)82(61-29-5,72(13,14)15)80(59-27-3,76(78,33-9)34-10)65-51-43-39-44-52-65)71(86)79(64-38-26-2)70(32-8)85(75(22,23)24,68-57-49-42-50-58-68)83(62-30-6,73(16,17)18)81(60-28-4,77(79,35-11)36-12)66-53-45-40-46-54-66/h39-58,69-70H,25-38,59-64H2,1-24H3. The number of ketones is 1. The normalized spacial score (nSPS) is 31.4. The molecule has 86 heavy (non-hydrogen) atoms. The van der Waals surface area contributed by atoms with Crippen molar-refractivity contribution < 1.29 is 4.79 Å². The van der Waals surface area contributed by atoms with Gasteiger partial charge in [0.1, 0.15) is 5.78 Å². The van der Waals surface area contributed by atoms with Gasteiger partial charge in [0.25, 0.3) is 0 Å². The monoisotopic (exact) mass is 1170 g/mol. The number of Topliss-reactive ketones (excluding diaryl/α,β-unsaturated/α-hetero) is 1. The van der Waals surface area contributed by atoms with E-state index in [0.29, 0.717) is 5.78 Å². The van der Waals surface area contributed by atoms with Crippen molar-refractivity contribution >= 4 is 5.78 Å². The minimum atomic E-state index is -0.809. The second kappa shape index (κ2) is 26.4. The lowest BCUT2D eigenvalue weighted by molar-refractivity contribution is -0.323. The molecule has 480 valence electrons. The molecule has 0 saturated heterocycles. The summed E-state index contributed by atoms with van der Waals surface area (Å²) in [5, 5.41) is 0. The SMILES string of the molecule is CCCCC1(C(=O)C2(CCCC)C(CC)C(c3ccccc3)(C(C)(C)C)C(CCC)(C(C)(C)C)C(CCC)(c3ccccc3)C2(CC)CC)C(CC)C(c2ccccc2)(C(C)(C)C)C(CCC)(C(C)(C)C)C(CCC)(c2ccccc2)C1(CC)CC. The lowest BCUT2D eigenvalue weighted by Gasteiger charge is -2.87. The minimum absolute atomic E-state index is 0.0127. The van der Waals surface area contributed by atoms with Gasteiger partial charge in [0.05, 0.1) is 0 Å². The third kappa shape index (κ3) is 8.96. The van der Waals surface area contributed by atoms with Crippen LogP contribution in [0.25, 0.3) is 0 Å². The molecule has 0 N–H and O–H groups in total. The third-order valence-electron chi connectivity index (χ3n) is 26.7. The van der Waals surface area contributed by atoms with Crippen LogP contribution in [0, 0.1) is 66.0 Å². The summed E-state index contributed by atoms with van der Waals surface area (Å²) in [5.74, 6) is 0.681. The molecule has 0 aromatic heterocycles. The van der Waals surface area contributed by atoms with Crippen molar-refractivity contribution in [2.45, 2.75) is 316 Å². The summed E-state index contributed by atoms with van der Waals surface area (Å²) in [6.07, 6.45) is 19.9. The highest BCUT2D eigenvalue weighted by atomic mass is 16.1. The Morgan fingerprint density at radius 3 is 0.779 bits per heavy atom. The Labute approximate surface area is 533 Å². The molecular formula is C85H134O. The van der Waals surface area contributed by atoms with Crippen molar-refractivity contribution in [2.24, 2.45) is 66.0 Å². The quantitative estimate of drug-likeness (QED) is 0.0612. The van der Waals surface area contributed by atoms with E-state index in [4.69, 9.17) is 0 Å². The molecule has 4 aromatic carbocycles. The Morgan fingerprint density at radius 1 is 0.326 bits per heavy atom. The predicted octanol–water partition coefficient (Wildman–Crippen LogP) is 25.7. The van der Waals surface area contributed by atoms with Crippen LogP contribution in [-0.4, -0.2) is 5.78 Å². The molecule has 1 heteroatoms. The number of carbonyl (C=O) groups excluding carboxylic acids is 1. The molecule has 2 aliphatic carbocycles. The molecule has 2 fully saturated rings. The van der Waals surface area contributed by atoms with E-state index in [1.807, 2.05) is 0 Å². The van der Waals surface area contributed by atoms with Crippen LogP contribution in [0.5, 0.6) is 0 Å². The molecule has 10 atom stereocenters. The summed E-state index contributed by atoms with van der Waals surface area (Å²) in [6.45, 7) is 62.9. The Morgan fingerprint density at radius 2 is 0.581 bits per heavy atom. The summed E-state index contributed by atoms with van der Waals surface area (Å²) in [7, 11) is 0. The molecule has 0 amide bonds. The summed E-state index contributed by atoms with van der Waals surface area (Å²) < 4.78 is 0. The van der Waals surface area contributed by atoms with Gasteiger partial charge in [-0.15, -0.1) is 0 Å². The zero-order chi connectivity index (χ0) is 64.3. The first kappa shape index (κ1) is 71.6. The van der Waals surface area contributed by atoms with Crippen LogP contribution in [-0.2, 0) is 26.5 Å². The molecule has 10 unspecified atom stereocenters. The number of unbranched alkanes of at least 4 members (excludes halogenated alkanes) is 2. The lowest BCUT2D eigenvalue weighted by atomic mass is 9.15. The zero-order valence-electron chi connectivity index (χ0n) is 60.8. The molecule has 2 aliphatic rings. The maximum Gasteiger partial charge on any atom is 0.146 e. The summed E-state index contributed by atoms with van der Waals surface area (Å²) >= 11 is 0. The molecule has 0 aliphatic heterocycles. The first-order valence-electron chi connectivity index (χ1n) is 36.3. The fourth-order valence-corrected chi connectivity index (χ4v) is 26.4. The fraction of sp³-hybridized carbons (Fsp3) is 0.706. The maximum absolute atomic E-state index is 21.2. The highest BCUT2D eigenvalue weighted by Crippen LogP contribution is 2.91. The predicted molar refractivity (Wildman–Crippen MR) is 377 cm³/mol. The highest BCUT2D eigenvalue weighted by Gasteiger charge is 2.91. The Bertz CT molecular complexity index is 2540. The molecule has 0 heterocycles. The van der Waals surface area contributed by atoms with E-state index < -0.39 is 43.3 Å². The average molecular weight is 1170 g/mol. The Balaban J connectivity index is 2.27. The van der Waals surface area contributed by atoms with Gasteiger partial charge in [0, 0.05) is 32.5 Å². The van der Waals surface area contributed by atoms with Crippen LogP contribution in [0.2, 0.25) is 0 Å². The summed E-state index contributed by atoms with van der Waals surface area (Å²) in [4.78, 5) is 21.2. The van der Waals surface area contributed by atoms with Crippen molar-refractivity contribution in [2.75, 3.05) is 0 Å². The topological polar surface area (TPSA) is 17.1 Å².